The topological polar surface area (TPSA) is 87.4 Å². The zero-order chi connectivity index (χ0) is 19.4. The maximum Gasteiger partial charge on any atom is 0.145 e. The highest BCUT2D eigenvalue weighted by atomic mass is 16.3. The summed E-state index contributed by atoms with van der Waals surface area (Å²) in [5.41, 5.74) is 2.27. The third kappa shape index (κ3) is 4.43. The van der Waals surface area contributed by atoms with Crippen LogP contribution in [0, 0.1) is 0 Å². The molecule has 3 aromatic heterocycles. The fourth-order valence-corrected chi connectivity index (χ4v) is 3.12. The molecule has 0 fully saturated rings. The minimum atomic E-state index is -0.925. The maximum atomic E-state index is 10.3. The highest BCUT2D eigenvalue weighted by Crippen LogP contribution is 2.24. The molecule has 7 heteroatoms. The smallest absolute Gasteiger partial charge is 0.145 e. The number of pyridine rings is 1. The van der Waals surface area contributed by atoms with Crippen molar-refractivity contribution in [2.75, 3.05) is 18.9 Å². The van der Waals surface area contributed by atoms with Crippen LogP contribution in [0.2, 0.25) is 0 Å². The number of aromatic nitrogens is 4. The molecule has 0 aromatic carbocycles. The first-order valence-corrected chi connectivity index (χ1v) is 9.36. The molecular formula is C20H28N6O. The number of aliphatic hydroxyl groups is 1. The summed E-state index contributed by atoms with van der Waals surface area (Å²) in [5, 5.41) is 17.0. The van der Waals surface area contributed by atoms with E-state index in [0.29, 0.717) is 6.04 Å². The number of hydrogen-bond donors (Lipinski definition) is 3. The summed E-state index contributed by atoms with van der Waals surface area (Å²) < 4.78 is 1.94. The average Bonchev–Trinajstić information content (AvgIpc) is 3.05. The van der Waals surface area contributed by atoms with Crippen molar-refractivity contribution in [2.45, 2.75) is 45.3 Å². The second-order valence-corrected chi connectivity index (χ2v) is 7.33. The van der Waals surface area contributed by atoms with Crippen LogP contribution in [-0.2, 0) is 5.60 Å². The van der Waals surface area contributed by atoms with Crippen molar-refractivity contribution in [3.05, 3.63) is 42.5 Å². The molecular weight excluding hydrogens is 340 g/mol. The Morgan fingerprint density at radius 2 is 2.04 bits per heavy atom. The summed E-state index contributed by atoms with van der Waals surface area (Å²) in [6.45, 7) is 6.57. The fourth-order valence-electron chi connectivity index (χ4n) is 3.12. The van der Waals surface area contributed by atoms with Crippen LogP contribution in [0.3, 0.4) is 0 Å². The van der Waals surface area contributed by atoms with Gasteiger partial charge in [0.2, 0.25) is 0 Å². The van der Waals surface area contributed by atoms with Gasteiger partial charge < -0.3 is 15.7 Å². The summed E-state index contributed by atoms with van der Waals surface area (Å²) in [7, 11) is 1.95. The number of nitrogens with zero attached hydrogens (tertiary/aromatic N) is 4. The first kappa shape index (κ1) is 19.3. The zero-order valence-electron chi connectivity index (χ0n) is 16.4. The third-order valence-corrected chi connectivity index (χ3v) is 4.55. The van der Waals surface area contributed by atoms with Gasteiger partial charge in [0.25, 0.3) is 0 Å². The molecule has 3 rings (SSSR count). The van der Waals surface area contributed by atoms with Crippen molar-refractivity contribution >= 4 is 11.5 Å². The molecule has 0 saturated carbocycles. The Hall–Kier alpha value is -2.51. The maximum absolute atomic E-state index is 10.3. The summed E-state index contributed by atoms with van der Waals surface area (Å²) in [5.74, 6) is 0.745. The van der Waals surface area contributed by atoms with Crippen molar-refractivity contribution in [1.82, 2.24) is 24.7 Å². The van der Waals surface area contributed by atoms with Gasteiger partial charge in [0.15, 0.2) is 0 Å². The first-order chi connectivity index (χ1) is 12.9. The van der Waals surface area contributed by atoms with Gasteiger partial charge in [-0.2, -0.15) is 0 Å². The van der Waals surface area contributed by atoms with Crippen molar-refractivity contribution in [3.8, 4) is 11.4 Å². The Labute approximate surface area is 159 Å². The van der Waals surface area contributed by atoms with E-state index in [4.69, 9.17) is 4.98 Å². The van der Waals surface area contributed by atoms with Crippen LogP contribution in [0.15, 0.2) is 36.9 Å². The van der Waals surface area contributed by atoms with Gasteiger partial charge in [0.05, 0.1) is 29.9 Å². The van der Waals surface area contributed by atoms with Crippen LogP contribution < -0.4 is 10.6 Å². The van der Waals surface area contributed by atoms with Gasteiger partial charge >= 0.3 is 0 Å². The van der Waals surface area contributed by atoms with Gasteiger partial charge in [-0.25, -0.2) is 9.97 Å². The molecule has 0 bridgehead atoms. The number of imidazole rings is 1. The number of fused-ring (bicyclic) bond motifs is 1. The third-order valence-electron chi connectivity index (χ3n) is 4.55. The number of rotatable bonds is 8. The normalized spacial score (nSPS) is 13.1. The lowest BCUT2D eigenvalue weighted by atomic mass is 10.0. The zero-order valence-corrected chi connectivity index (χ0v) is 16.4. The molecule has 3 heterocycles. The van der Waals surface area contributed by atoms with Gasteiger partial charge in [-0.1, -0.05) is 19.4 Å². The number of hydrogen-bond acceptors (Lipinski definition) is 6. The van der Waals surface area contributed by atoms with E-state index >= 15 is 0 Å². The minimum absolute atomic E-state index is 0.300. The second-order valence-electron chi connectivity index (χ2n) is 7.33. The molecule has 0 amide bonds. The molecule has 144 valence electrons. The summed E-state index contributed by atoms with van der Waals surface area (Å²) in [6.07, 6.45) is 9.32. The van der Waals surface area contributed by atoms with Crippen molar-refractivity contribution in [2.24, 2.45) is 0 Å². The molecule has 0 saturated heterocycles. The first-order valence-electron chi connectivity index (χ1n) is 9.36. The molecule has 3 N–H and O–H groups in total. The van der Waals surface area contributed by atoms with E-state index in [1.165, 1.54) is 0 Å². The summed E-state index contributed by atoms with van der Waals surface area (Å²) in [6, 6.07) is 4.09. The quantitative estimate of drug-likeness (QED) is 0.567. The highest BCUT2D eigenvalue weighted by molar-refractivity contribution is 5.61. The van der Waals surface area contributed by atoms with Gasteiger partial charge in [-0.05, 0) is 38.9 Å². The molecule has 0 spiro atoms. The molecule has 1 atom stereocenters. The fraction of sp³-hybridized carbons (Fsp3) is 0.450. The number of nitrogens with one attached hydrogen (secondary N) is 2. The van der Waals surface area contributed by atoms with Crippen molar-refractivity contribution < 1.29 is 5.11 Å². The monoisotopic (exact) mass is 368 g/mol. The van der Waals surface area contributed by atoms with Crippen molar-refractivity contribution in [3.63, 3.8) is 0 Å². The van der Waals surface area contributed by atoms with Crippen LogP contribution >= 0.6 is 0 Å². The average molecular weight is 368 g/mol. The van der Waals surface area contributed by atoms with Gasteiger partial charge in [0, 0.05) is 18.8 Å². The van der Waals surface area contributed by atoms with Gasteiger partial charge in [-0.15, -0.1) is 0 Å². The lowest BCUT2D eigenvalue weighted by molar-refractivity contribution is 0.0782. The van der Waals surface area contributed by atoms with Gasteiger partial charge in [0.1, 0.15) is 17.2 Å². The molecule has 27 heavy (non-hydrogen) atoms. The molecule has 7 nitrogen and oxygen atoms in total. The molecule has 0 aliphatic heterocycles. The molecule has 0 aliphatic rings. The van der Waals surface area contributed by atoms with Gasteiger partial charge in [-0.3, -0.25) is 9.38 Å². The molecule has 1 unspecified atom stereocenters. The van der Waals surface area contributed by atoms with E-state index in [2.05, 4.69) is 27.5 Å². The minimum Gasteiger partial charge on any atom is -0.386 e. The largest absolute Gasteiger partial charge is 0.386 e. The number of likely N-dealkylation sites (N-methyl/N-ethyl adjacent to an activating group) is 1. The lowest BCUT2D eigenvalue weighted by Crippen LogP contribution is -2.31. The Kier molecular flexibility index (Phi) is 5.72. The van der Waals surface area contributed by atoms with Crippen LogP contribution in [0.1, 0.15) is 39.2 Å². The van der Waals surface area contributed by atoms with E-state index in [1.807, 2.05) is 29.8 Å². The number of anilines is 1. The SMILES string of the molecule is CCCC(CNC)Nc1cncc(-c2cnc3ccc(C(C)(C)O)cn23)n1. The standard InChI is InChI=1S/C20H28N6O/c1-5-6-15(9-21-4)24-18-12-22-10-16(25-18)17-11-23-19-8-7-14(13-26(17)19)20(2,3)27/h7-8,10-13,15,21,27H,5-6,9H2,1-4H3,(H,24,25). The summed E-state index contributed by atoms with van der Waals surface area (Å²) in [4.78, 5) is 13.5. The molecule has 0 aliphatic carbocycles. The Balaban J connectivity index is 1.95. The van der Waals surface area contributed by atoms with Crippen LogP contribution in [0.25, 0.3) is 17.0 Å². The van der Waals surface area contributed by atoms with Crippen LogP contribution in [-0.4, -0.2) is 44.1 Å². The Morgan fingerprint density at radius 3 is 2.74 bits per heavy atom. The lowest BCUT2D eigenvalue weighted by Gasteiger charge is -2.19. The summed E-state index contributed by atoms with van der Waals surface area (Å²) >= 11 is 0. The molecule has 3 aromatic rings. The van der Waals surface area contributed by atoms with E-state index < -0.39 is 5.60 Å². The molecule has 0 radical (unpaired) electrons. The van der Waals surface area contributed by atoms with E-state index in [-0.39, 0.29) is 0 Å². The van der Waals surface area contributed by atoms with Crippen molar-refractivity contribution in [1.29, 1.82) is 0 Å². The van der Waals surface area contributed by atoms with E-state index in [0.717, 1.165) is 47.8 Å². The predicted octanol–water partition coefficient (Wildman–Crippen LogP) is 2.82. The Morgan fingerprint density at radius 1 is 1.22 bits per heavy atom. The van der Waals surface area contributed by atoms with Crippen LogP contribution in [0.5, 0.6) is 0 Å². The second kappa shape index (κ2) is 8.02. The van der Waals surface area contributed by atoms with Crippen LogP contribution in [0.4, 0.5) is 5.82 Å². The highest BCUT2D eigenvalue weighted by Gasteiger charge is 2.18. The van der Waals surface area contributed by atoms with E-state index in [1.54, 1.807) is 32.4 Å². The van der Waals surface area contributed by atoms with E-state index in [9.17, 15) is 5.11 Å². The predicted molar refractivity (Wildman–Crippen MR) is 108 cm³/mol. The Bertz CT molecular complexity index is 893.